The highest BCUT2D eigenvalue weighted by atomic mass is 19.4. The molecule has 0 radical (unpaired) electrons. The van der Waals surface area contributed by atoms with Crippen molar-refractivity contribution in [3.8, 4) is 5.69 Å². The Morgan fingerprint density at radius 2 is 2.07 bits per heavy atom. The van der Waals surface area contributed by atoms with Crippen molar-refractivity contribution >= 4 is 5.91 Å². The summed E-state index contributed by atoms with van der Waals surface area (Å²) in [6, 6.07) is 4.89. The van der Waals surface area contributed by atoms with Crippen molar-refractivity contribution in [2.75, 3.05) is 19.7 Å². The molecule has 0 N–H and O–H groups in total. The van der Waals surface area contributed by atoms with E-state index in [2.05, 4.69) is 10.3 Å². The van der Waals surface area contributed by atoms with Gasteiger partial charge in [-0.15, -0.1) is 5.10 Å². The van der Waals surface area contributed by atoms with Crippen LogP contribution in [0.25, 0.3) is 5.69 Å². The van der Waals surface area contributed by atoms with E-state index in [0.717, 1.165) is 31.4 Å². The number of rotatable bonds is 6. The number of nitrogens with zero attached hydrogens (tertiary/aromatic N) is 4. The third-order valence-electron chi connectivity index (χ3n) is 4.70. The number of halogens is 4. The van der Waals surface area contributed by atoms with Crippen molar-refractivity contribution in [2.24, 2.45) is 0 Å². The largest absolute Gasteiger partial charge is 0.435 e. The lowest BCUT2D eigenvalue weighted by molar-refractivity contribution is -0.143. The van der Waals surface area contributed by atoms with Gasteiger partial charge in [0.25, 0.3) is 5.91 Å². The van der Waals surface area contributed by atoms with E-state index in [0.29, 0.717) is 17.7 Å². The molecule has 1 fully saturated rings. The third-order valence-corrected chi connectivity index (χ3v) is 4.70. The van der Waals surface area contributed by atoms with Crippen LogP contribution in [0.15, 0.2) is 24.3 Å². The summed E-state index contributed by atoms with van der Waals surface area (Å²) in [6.45, 7) is 2.82. The van der Waals surface area contributed by atoms with Crippen molar-refractivity contribution in [3.05, 3.63) is 41.5 Å². The highest BCUT2D eigenvalue weighted by molar-refractivity contribution is 5.93. The minimum Gasteiger partial charge on any atom is -0.376 e. The zero-order valence-electron chi connectivity index (χ0n) is 16.0. The molecule has 2 aromatic rings. The molecule has 29 heavy (non-hydrogen) atoms. The lowest BCUT2D eigenvalue weighted by Crippen LogP contribution is -2.41. The van der Waals surface area contributed by atoms with E-state index in [4.69, 9.17) is 4.74 Å². The van der Waals surface area contributed by atoms with Crippen LogP contribution in [-0.4, -0.2) is 51.6 Å². The molecular formula is C19H22F4N4O2. The van der Waals surface area contributed by atoms with Crippen molar-refractivity contribution < 1.29 is 27.1 Å². The van der Waals surface area contributed by atoms with Crippen LogP contribution in [0.3, 0.4) is 0 Å². The van der Waals surface area contributed by atoms with Crippen LogP contribution in [-0.2, 0) is 10.9 Å². The fourth-order valence-electron chi connectivity index (χ4n) is 3.36. The Morgan fingerprint density at radius 3 is 2.69 bits per heavy atom. The summed E-state index contributed by atoms with van der Waals surface area (Å²) >= 11 is 0. The van der Waals surface area contributed by atoms with Gasteiger partial charge >= 0.3 is 6.18 Å². The van der Waals surface area contributed by atoms with Gasteiger partial charge in [-0.25, -0.2) is 9.07 Å². The molecule has 1 atom stereocenters. The quantitative estimate of drug-likeness (QED) is 0.674. The fourth-order valence-corrected chi connectivity index (χ4v) is 3.36. The van der Waals surface area contributed by atoms with Gasteiger partial charge in [-0.1, -0.05) is 24.3 Å². The summed E-state index contributed by atoms with van der Waals surface area (Å²) in [6.07, 6.45) is -2.02. The lowest BCUT2D eigenvalue weighted by Gasteiger charge is -2.29. The zero-order chi connectivity index (χ0) is 21.0. The molecule has 0 bridgehead atoms. The predicted molar refractivity (Wildman–Crippen MR) is 96.1 cm³/mol. The van der Waals surface area contributed by atoms with Crippen LogP contribution >= 0.6 is 0 Å². The summed E-state index contributed by atoms with van der Waals surface area (Å²) in [5, 5.41) is 6.94. The topological polar surface area (TPSA) is 60.2 Å². The first kappa shape index (κ1) is 21.2. The molecule has 6 nitrogen and oxygen atoms in total. The summed E-state index contributed by atoms with van der Waals surface area (Å²) in [5.41, 5.74) is -2.66. The van der Waals surface area contributed by atoms with Crippen molar-refractivity contribution in [3.63, 3.8) is 0 Å². The van der Waals surface area contributed by atoms with E-state index in [1.807, 2.05) is 6.92 Å². The normalized spacial score (nSPS) is 17.3. The summed E-state index contributed by atoms with van der Waals surface area (Å²) in [7, 11) is 0. The molecule has 1 aromatic carbocycles. The molecule has 3 rings (SSSR count). The maximum Gasteiger partial charge on any atom is 0.435 e. The average molecular weight is 414 g/mol. The molecule has 1 aliphatic rings. The Kier molecular flexibility index (Phi) is 6.51. The fraction of sp³-hybridized carbons (Fsp3) is 0.526. The van der Waals surface area contributed by atoms with Gasteiger partial charge in [-0.05, 0) is 37.8 Å². The summed E-state index contributed by atoms with van der Waals surface area (Å²) < 4.78 is 61.5. The molecule has 1 aliphatic heterocycles. The minimum absolute atomic E-state index is 0.177. The van der Waals surface area contributed by atoms with Crippen LogP contribution in [0.4, 0.5) is 17.6 Å². The van der Waals surface area contributed by atoms with Crippen molar-refractivity contribution in [1.29, 1.82) is 0 Å². The maximum absolute atomic E-state index is 14.1. The number of carbonyl (C=O) groups excluding carboxylic acids is 1. The van der Waals surface area contributed by atoms with Crippen LogP contribution < -0.4 is 0 Å². The van der Waals surface area contributed by atoms with Gasteiger partial charge in [0.1, 0.15) is 11.5 Å². The second kappa shape index (κ2) is 8.89. The number of carbonyl (C=O) groups is 1. The first-order valence-electron chi connectivity index (χ1n) is 9.51. The Bertz CT molecular complexity index is 847. The maximum atomic E-state index is 14.1. The molecule has 0 spiro atoms. The summed E-state index contributed by atoms with van der Waals surface area (Å²) in [4.78, 5) is 14.3. The van der Waals surface area contributed by atoms with E-state index in [9.17, 15) is 22.4 Å². The van der Waals surface area contributed by atoms with Gasteiger partial charge in [-0.3, -0.25) is 4.79 Å². The zero-order valence-corrected chi connectivity index (χ0v) is 16.0. The van der Waals surface area contributed by atoms with E-state index in [-0.39, 0.29) is 19.2 Å². The van der Waals surface area contributed by atoms with Crippen LogP contribution in [0.2, 0.25) is 0 Å². The highest BCUT2D eigenvalue weighted by Crippen LogP contribution is 2.34. The second-order valence-electron chi connectivity index (χ2n) is 6.89. The first-order chi connectivity index (χ1) is 13.8. The van der Waals surface area contributed by atoms with Crippen LogP contribution in [0.1, 0.15) is 48.8 Å². The molecule has 1 unspecified atom stereocenters. The van der Waals surface area contributed by atoms with E-state index < -0.39 is 35.0 Å². The Balaban J connectivity index is 1.97. The number of hydrogen-bond acceptors (Lipinski definition) is 4. The monoisotopic (exact) mass is 414 g/mol. The SMILES string of the molecule is CCCN(CC1CCCCO1)C(=O)c1nnn(-c2ccccc2F)c1C(F)(F)F. The highest BCUT2D eigenvalue weighted by Gasteiger charge is 2.43. The summed E-state index contributed by atoms with van der Waals surface area (Å²) in [5.74, 6) is -1.79. The third kappa shape index (κ3) is 4.75. The molecule has 1 aromatic heterocycles. The van der Waals surface area contributed by atoms with Crippen LogP contribution in [0, 0.1) is 5.82 Å². The molecular weight excluding hydrogens is 392 g/mol. The van der Waals surface area contributed by atoms with E-state index in [1.54, 1.807) is 0 Å². The van der Waals surface area contributed by atoms with Gasteiger partial charge < -0.3 is 9.64 Å². The number of benzene rings is 1. The van der Waals surface area contributed by atoms with Gasteiger partial charge in [0.2, 0.25) is 0 Å². The van der Waals surface area contributed by atoms with Gasteiger partial charge in [0, 0.05) is 19.7 Å². The standard InChI is InChI=1S/C19H22F4N4O2/c1-2-10-26(12-13-7-5-6-11-29-13)18(28)16-17(19(21,22)23)27(25-24-16)15-9-4-3-8-14(15)20/h3-4,8-9,13H,2,5-7,10-12H2,1H3. The Labute approximate surface area is 165 Å². The number of hydrogen-bond donors (Lipinski definition) is 0. The second-order valence-corrected chi connectivity index (χ2v) is 6.89. The first-order valence-corrected chi connectivity index (χ1v) is 9.51. The number of amides is 1. The smallest absolute Gasteiger partial charge is 0.376 e. The number of ether oxygens (including phenoxy) is 1. The van der Waals surface area contributed by atoms with Gasteiger partial charge in [0.05, 0.1) is 6.10 Å². The number of para-hydroxylation sites is 1. The Hall–Kier alpha value is -2.49. The van der Waals surface area contributed by atoms with Crippen molar-refractivity contribution in [1.82, 2.24) is 19.9 Å². The number of aromatic nitrogens is 3. The lowest BCUT2D eigenvalue weighted by atomic mass is 10.1. The minimum atomic E-state index is -4.95. The molecule has 0 aliphatic carbocycles. The predicted octanol–water partition coefficient (Wildman–Crippen LogP) is 3.85. The van der Waals surface area contributed by atoms with E-state index in [1.165, 1.54) is 17.0 Å². The molecule has 10 heteroatoms. The van der Waals surface area contributed by atoms with Crippen molar-refractivity contribution in [2.45, 2.75) is 44.9 Å². The molecule has 158 valence electrons. The molecule has 1 saturated heterocycles. The average Bonchev–Trinajstić information content (AvgIpc) is 3.14. The Morgan fingerprint density at radius 1 is 1.31 bits per heavy atom. The molecule has 2 heterocycles. The van der Waals surface area contributed by atoms with Gasteiger partial charge in [0.15, 0.2) is 11.4 Å². The number of alkyl halides is 3. The molecule has 1 amide bonds. The molecule has 0 saturated carbocycles. The van der Waals surface area contributed by atoms with E-state index >= 15 is 0 Å². The van der Waals surface area contributed by atoms with Gasteiger partial charge in [-0.2, -0.15) is 13.2 Å². The van der Waals surface area contributed by atoms with Crippen LogP contribution in [0.5, 0.6) is 0 Å².